The van der Waals surface area contributed by atoms with Crippen LogP contribution in [0.3, 0.4) is 0 Å². The summed E-state index contributed by atoms with van der Waals surface area (Å²) in [6.07, 6.45) is 6.41. The molecule has 0 aromatic heterocycles. The van der Waals surface area contributed by atoms with E-state index in [0.717, 1.165) is 51.6 Å². The molecule has 112 valence electrons. The highest BCUT2D eigenvalue weighted by molar-refractivity contribution is 5.80. The van der Waals surface area contributed by atoms with Gasteiger partial charge in [-0.1, -0.05) is 19.8 Å². The number of ether oxygens (including phenoxy) is 1. The third kappa shape index (κ3) is 6.28. The first-order valence-electron chi connectivity index (χ1n) is 7.96. The largest absolute Gasteiger partial charge is 0.378 e. The van der Waals surface area contributed by atoms with Gasteiger partial charge < -0.3 is 15.0 Å². The van der Waals surface area contributed by atoms with Crippen molar-refractivity contribution in [2.24, 2.45) is 4.99 Å². The molecule has 0 aliphatic carbocycles. The van der Waals surface area contributed by atoms with E-state index in [1.165, 1.54) is 19.3 Å². The van der Waals surface area contributed by atoms with Crippen molar-refractivity contribution in [2.45, 2.75) is 59.0 Å². The van der Waals surface area contributed by atoms with Crippen LogP contribution >= 0.6 is 0 Å². The molecule has 19 heavy (non-hydrogen) atoms. The maximum absolute atomic E-state index is 5.70. The van der Waals surface area contributed by atoms with Crippen LogP contribution in [0.2, 0.25) is 0 Å². The molecule has 0 spiro atoms. The Morgan fingerprint density at radius 3 is 2.53 bits per heavy atom. The van der Waals surface area contributed by atoms with Gasteiger partial charge in [0.15, 0.2) is 5.96 Å². The number of piperidine rings is 1. The van der Waals surface area contributed by atoms with Crippen LogP contribution in [0.25, 0.3) is 0 Å². The highest BCUT2D eigenvalue weighted by Gasteiger charge is 2.21. The van der Waals surface area contributed by atoms with Gasteiger partial charge in [-0.2, -0.15) is 0 Å². The smallest absolute Gasteiger partial charge is 0.193 e. The summed E-state index contributed by atoms with van der Waals surface area (Å²) in [5, 5.41) is 3.41. The van der Waals surface area contributed by atoms with Gasteiger partial charge in [-0.05, 0) is 33.1 Å². The number of nitrogens with zero attached hydrogens (tertiary/aromatic N) is 2. The lowest BCUT2D eigenvalue weighted by atomic mass is 10.1. The molecule has 1 rings (SSSR count). The summed E-state index contributed by atoms with van der Waals surface area (Å²) < 4.78 is 5.70. The van der Waals surface area contributed by atoms with E-state index < -0.39 is 0 Å². The minimum atomic E-state index is 0.448. The molecule has 0 bridgehead atoms. The molecule has 1 aliphatic heterocycles. The van der Waals surface area contributed by atoms with Gasteiger partial charge in [0, 0.05) is 32.8 Å². The molecule has 0 unspecified atom stereocenters. The molecule has 1 heterocycles. The summed E-state index contributed by atoms with van der Waals surface area (Å²) in [5.74, 6) is 1.09. The fraction of sp³-hybridized carbons (Fsp3) is 0.933. The Bertz CT molecular complexity index is 248. The molecule has 0 radical (unpaired) electrons. The number of hydrogen-bond donors (Lipinski definition) is 1. The molecule has 1 fully saturated rings. The van der Waals surface area contributed by atoms with Crippen LogP contribution in [0.15, 0.2) is 4.99 Å². The molecule has 0 aromatic carbocycles. The van der Waals surface area contributed by atoms with Crippen LogP contribution in [0.4, 0.5) is 0 Å². The monoisotopic (exact) mass is 269 g/mol. The zero-order valence-corrected chi connectivity index (χ0v) is 13.0. The summed E-state index contributed by atoms with van der Waals surface area (Å²) in [4.78, 5) is 7.12. The summed E-state index contributed by atoms with van der Waals surface area (Å²) >= 11 is 0. The van der Waals surface area contributed by atoms with Crippen molar-refractivity contribution < 1.29 is 4.74 Å². The Labute approximate surface area is 118 Å². The molecule has 0 atom stereocenters. The van der Waals surface area contributed by atoms with Gasteiger partial charge in [-0.25, -0.2) is 0 Å². The molecule has 4 nitrogen and oxygen atoms in total. The minimum absolute atomic E-state index is 0.448. The van der Waals surface area contributed by atoms with Crippen LogP contribution in [-0.4, -0.2) is 49.7 Å². The molecule has 0 amide bonds. The number of hydrogen-bond acceptors (Lipinski definition) is 2. The molecule has 0 aromatic rings. The van der Waals surface area contributed by atoms with Crippen LogP contribution in [-0.2, 0) is 4.74 Å². The molecule has 0 saturated carbocycles. The lowest BCUT2D eigenvalue weighted by Crippen LogP contribution is -2.47. The standard InChI is InChI=1S/C15H31N3O/c1-4-7-8-11-17-15(16-5-2)18-12-9-14(10-13-18)19-6-3/h14H,4-13H2,1-3H3,(H,16,17). The third-order valence-electron chi connectivity index (χ3n) is 3.50. The van der Waals surface area contributed by atoms with Gasteiger partial charge in [0.25, 0.3) is 0 Å². The fourth-order valence-electron chi connectivity index (χ4n) is 2.44. The quantitative estimate of drug-likeness (QED) is 0.438. The number of guanidine groups is 1. The van der Waals surface area contributed by atoms with E-state index in [9.17, 15) is 0 Å². The first-order chi connectivity index (χ1) is 9.31. The molecular weight excluding hydrogens is 238 g/mol. The average Bonchev–Trinajstić information content (AvgIpc) is 2.44. The number of rotatable bonds is 7. The molecule has 4 heteroatoms. The van der Waals surface area contributed by atoms with Gasteiger partial charge in [-0.3, -0.25) is 4.99 Å². The first-order valence-corrected chi connectivity index (χ1v) is 7.96. The van der Waals surface area contributed by atoms with Crippen LogP contribution < -0.4 is 5.32 Å². The summed E-state index contributed by atoms with van der Waals surface area (Å²) in [6.45, 7) is 11.3. The van der Waals surface area contributed by atoms with Crippen LogP contribution in [0.5, 0.6) is 0 Å². The summed E-state index contributed by atoms with van der Waals surface area (Å²) in [5.41, 5.74) is 0. The maximum Gasteiger partial charge on any atom is 0.193 e. The van der Waals surface area contributed by atoms with Crippen molar-refractivity contribution in [1.82, 2.24) is 10.2 Å². The highest BCUT2D eigenvalue weighted by atomic mass is 16.5. The Morgan fingerprint density at radius 1 is 1.21 bits per heavy atom. The van der Waals surface area contributed by atoms with E-state index in [-0.39, 0.29) is 0 Å². The van der Waals surface area contributed by atoms with E-state index in [1.807, 2.05) is 0 Å². The number of aliphatic imine (C=N–C) groups is 1. The number of nitrogens with one attached hydrogen (secondary N) is 1. The van der Waals surface area contributed by atoms with Gasteiger partial charge in [0.2, 0.25) is 0 Å². The van der Waals surface area contributed by atoms with E-state index in [1.54, 1.807) is 0 Å². The zero-order chi connectivity index (χ0) is 13.9. The lowest BCUT2D eigenvalue weighted by Gasteiger charge is -2.34. The van der Waals surface area contributed by atoms with Crippen molar-refractivity contribution in [3.05, 3.63) is 0 Å². The van der Waals surface area contributed by atoms with Crippen LogP contribution in [0, 0.1) is 0 Å². The van der Waals surface area contributed by atoms with Crippen molar-refractivity contribution in [3.8, 4) is 0 Å². The van der Waals surface area contributed by atoms with Gasteiger partial charge >= 0.3 is 0 Å². The van der Waals surface area contributed by atoms with Crippen molar-refractivity contribution in [3.63, 3.8) is 0 Å². The predicted octanol–water partition coefficient (Wildman–Crippen LogP) is 2.64. The Balaban J connectivity index is 2.39. The Kier molecular flexibility index (Phi) is 8.63. The Hall–Kier alpha value is -0.770. The third-order valence-corrected chi connectivity index (χ3v) is 3.50. The molecular formula is C15H31N3O. The highest BCUT2D eigenvalue weighted by Crippen LogP contribution is 2.13. The average molecular weight is 269 g/mol. The first kappa shape index (κ1) is 16.3. The molecule has 1 aliphatic rings. The van der Waals surface area contributed by atoms with Crippen molar-refractivity contribution in [1.29, 1.82) is 0 Å². The predicted molar refractivity (Wildman–Crippen MR) is 81.7 cm³/mol. The van der Waals surface area contributed by atoms with E-state index in [0.29, 0.717) is 6.10 Å². The second-order valence-corrected chi connectivity index (χ2v) is 5.08. The topological polar surface area (TPSA) is 36.9 Å². The Morgan fingerprint density at radius 2 is 1.95 bits per heavy atom. The SMILES string of the molecule is CCCCCN=C(NCC)N1CCC(OCC)CC1. The minimum Gasteiger partial charge on any atom is -0.378 e. The maximum atomic E-state index is 5.70. The van der Waals surface area contributed by atoms with E-state index >= 15 is 0 Å². The lowest BCUT2D eigenvalue weighted by molar-refractivity contribution is 0.0264. The molecule has 1 N–H and O–H groups in total. The normalized spacial score (nSPS) is 17.8. The fourth-order valence-corrected chi connectivity index (χ4v) is 2.44. The van der Waals surface area contributed by atoms with Crippen molar-refractivity contribution in [2.75, 3.05) is 32.8 Å². The molecule has 1 saturated heterocycles. The summed E-state index contributed by atoms with van der Waals surface area (Å²) in [6, 6.07) is 0. The second-order valence-electron chi connectivity index (χ2n) is 5.08. The van der Waals surface area contributed by atoms with Gasteiger partial charge in [0.1, 0.15) is 0 Å². The van der Waals surface area contributed by atoms with Gasteiger partial charge in [-0.15, -0.1) is 0 Å². The second kappa shape index (κ2) is 10.1. The zero-order valence-electron chi connectivity index (χ0n) is 13.0. The van der Waals surface area contributed by atoms with E-state index in [4.69, 9.17) is 9.73 Å². The number of unbranched alkanes of at least 4 members (excludes halogenated alkanes) is 2. The summed E-state index contributed by atoms with van der Waals surface area (Å²) in [7, 11) is 0. The van der Waals surface area contributed by atoms with Crippen LogP contribution in [0.1, 0.15) is 52.9 Å². The van der Waals surface area contributed by atoms with Gasteiger partial charge in [0.05, 0.1) is 6.10 Å². The van der Waals surface area contributed by atoms with Crippen molar-refractivity contribution >= 4 is 5.96 Å². The van der Waals surface area contributed by atoms with E-state index in [2.05, 4.69) is 31.0 Å². The number of likely N-dealkylation sites (tertiary alicyclic amines) is 1.